The topological polar surface area (TPSA) is 62.7 Å². The van der Waals surface area contributed by atoms with Gasteiger partial charge in [-0.3, -0.25) is 14.6 Å². The highest BCUT2D eigenvalue weighted by molar-refractivity contribution is 5.94. The molecule has 6 nitrogen and oxygen atoms in total. The molecule has 2 amide bonds. The van der Waals surface area contributed by atoms with Crippen molar-refractivity contribution in [1.82, 2.24) is 14.8 Å². The molecule has 142 valence electrons. The zero-order valence-electron chi connectivity index (χ0n) is 15.5. The van der Waals surface area contributed by atoms with Crippen molar-refractivity contribution in [3.8, 4) is 5.75 Å². The van der Waals surface area contributed by atoms with E-state index < -0.39 is 0 Å². The Kier molecular flexibility index (Phi) is 5.19. The minimum Gasteiger partial charge on any atom is -0.484 e. The van der Waals surface area contributed by atoms with Crippen LogP contribution >= 0.6 is 0 Å². The highest BCUT2D eigenvalue weighted by Crippen LogP contribution is 2.20. The summed E-state index contributed by atoms with van der Waals surface area (Å²) in [6.45, 7) is 2.05. The van der Waals surface area contributed by atoms with E-state index in [1.165, 1.54) is 0 Å². The second-order valence-electron chi connectivity index (χ2n) is 6.71. The van der Waals surface area contributed by atoms with Gasteiger partial charge in [0.25, 0.3) is 11.8 Å². The first-order chi connectivity index (χ1) is 13.7. The second-order valence-corrected chi connectivity index (χ2v) is 6.71. The summed E-state index contributed by atoms with van der Waals surface area (Å²) in [6, 6.07) is 17.2. The SMILES string of the molecule is O=C(COc1ccc2ccccc2c1)N1CCN(C(=O)c2ccncc2)CC1. The number of nitrogens with zero attached hydrogens (tertiary/aromatic N) is 3. The molecule has 0 N–H and O–H groups in total. The predicted molar refractivity (Wildman–Crippen MR) is 106 cm³/mol. The molecule has 2 aromatic carbocycles. The fourth-order valence-corrected chi connectivity index (χ4v) is 3.33. The molecule has 28 heavy (non-hydrogen) atoms. The number of pyridine rings is 1. The molecule has 1 saturated heterocycles. The minimum absolute atomic E-state index is 0.00333. The molecule has 0 radical (unpaired) electrons. The number of hydrogen-bond donors (Lipinski definition) is 0. The molecule has 0 unspecified atom stereocenters. The number of hydrogen-bond acceptors (Lipinski definition) is 4. The molecule has 1 aromatic heterocycles. The first-order valence-corrected chi connectivity index (χ1v) is 9.29. The summed E-state index contributed by atoms with van der Waals surface area (Å²) in [4.78, 5) is 32.4. The van der Waals surface area contributed by atoms with E-state index in [0.717, 1.165) is 10.8 Å². The Morgan fingerprint density at radius 2 is 1.54 bits per heavy atom. The summed E-state index contributed by atoms with van der Waals surface area (Å²) in [5.74, 6) is 0.588. The zero-order valence-corrected chi connectivity index (χ0v) is 15.5. The monoisotopic (exact) mass is 375 g/mol. The third-order valence-corrected chi connectivity index (χ3v) is 4.93. The van der Waals surface area contributed by atoms with Gasteiger partial charge in [0, 0.05) is 44.1 Å². The lowest BCUT2D eigenvalue weighted by Gasteiger charge is -2.34. The van der Waals surface area contributed by atoms with Crippen molar-refractivity contribution in [3.63, 3.8) is 0 Å². The van der Waals surface area contributed by atoms with Gasteiger partial charge in [-0.1, -0.05) is 30.3 Å². The third-order valence-electron chi connectivity index (χ3n) is 4.93. The van der Waals surface area contributed by atoms with Gasteiger partial charge in [-0.2, -0.15) is 0 Å². The Labute approximate surface area is 163 Å². The van der Waals surface area contributed by atoms with Crippen molar-refractivity contribution in [2.75, 3.05) is 32.8 Å². The number of carbonyl (C=O) groups is 2. The van der Waals surface area contributed by atoms with Crippen LogP contribution in [0.1, 0.15) is 10.4 Å². The molecule has 1 aliphatic rings. The van der Waals surface area contributed by atoms with Crippen molar-refractivity contribution in [2.24, 2.45) is 0 Å². The maximum Gasteiger partial charge on any atom is 0.260 e. The first kappa shape index (κ1) is 18.0. The quantitative estimate of drug-likeness (QED) is 0.703. The highest BCUT2D eigenvalue weighted by atomic mass is 16.5. The lowest BCUT2D eigenvalue weighted by atomic mass is 10.1. The Morgan fingerprint density at radius 1 is 0.857 bits per heavy atom. The van der Waals surface area contributed by atoms with Crippen LogP contribution in [0.3, 0.4) is 0 Å². The Hall–Kier alpha value is -3.41. The van der Waals surface area contributed by atoms with Crippen LogP contribution in [0.25, 0.3) is 10.8 Å². The summed E-state index contributed by atoms with van der Waals surface area (Å²) in [5.41, 5.74) is 0.620. The van der Waals surface area contributed by atoms with Gasteiger partial charge in [0.2, 0.25) is 0 Å². The van der Waals surface area contributed by atoms with Crippen LogP contribution in [0.2, 0.25) is 0 Å². The summed E-state index contributed by atoms with van der Waals surface area (Å²) < 4.78 is 5.69. The average molecular weight is 375 g/mol. The van der Waals surface area contributed by atoms with E-state index in [1.807, 2.05) is 42.5 Å². The molecule has 0 saturated carbocycles. The summed E-state index contributed by atoms with van der Waals surface area (Å²) >= 11 is 0. The second kappa shape index (κ2) is 8.08. The van der Waals surface area contributed by atoms with E-state index in [4.69, 9.17) is 4.74 Å². The Morgan fingerprint density at radius 3 is 2.29 bits per heavy atom. The molecule has 3 aromatic rings. The van der Waals surface area contributed by atoms with Crippen LogP contribution in [0, 0.1) is 0 Å². The lowest BCUT2D eigenvalue weighted by Crippen LogP contribution is -2.51. The van der Waals surface area contributed by atoms with Crippen LogP contribution in [0.4, 0.5) is 0 Å². The maximum absolute atomic E-state index is 12.5. The van der Waals surface area contributed by atoms with Crippen molar-refractivity contribution in [1.29, 1.82) is 0 Å². The van der Waals surface area contributed by atoms with Gasteiger partial charge in [-0.25, -0.2) is 0 Å². The first-order valence-electron chi connectivity index (χ1n) is 9.29. The van der Waals surface area contributed by atoms with Gasteiger partial charge in [0.15, 0.2) is 6.61 Å². The standard InChI is InChI=1S/C22H21N3O3/c26-21(16-28-20-6-5-17-3-1-2-4-19(17)15-20)24-11-13-25(14-12-24)22(27)18-7-9-23-10-8-18/h1-10,15H,11-14,16H2. The van der Waals surface area contributed by atoms with Crippen LogP contribution in [0.5, 0.6) is 5.75 Å². The molecule has 0 aliphatic carbocycles. The van der Waals surface area contributed by atoms with Gasteiger partial charge in [0.05, 0.1) is 0 Å². The zero-order chi connectivity index (χ0) is 19.3. The molecule has 2 heterocycles. The van der Waals surface area contributed by atoms with Gasteiger partial charge >= 0.3 is 0 Å². The number of ether oxygens (including phenoxy) is 1. The summed E-state index contributed by atoms with van der Waals surface area (Å²) in [5, 5.41) is 2.21. The van der Waals surface area contributed by atoms with Crippen molar-refractivity contribution >= 4 is 22.6 Å². The lowest BCUT2D eigenvalue weighted by molar-refractivity contribution is -0.134. The number of amides is 2. The van der Waals surface area contributed by atoms with Crippen LogP contribution in [-0.4, -0.2) is 59.4 Å². The molecule has 0 atom stereocenters. The van der Waals surface area contributed by atoms with E-state index >= 15 is 0 Å². The molecular formula is C22H21N3O3. The van der Waals surface area contributed by atoms with Gasteiger partial charge in [-0.15, -0.1) is 0 Å². The largest absolute Gasteiger partial charge is 0.484 e. The van der Waals surface area contributed by atoms with E-state index in [-0.39, 0.29) is 18.4 Å². The number of piperazine rings is 1. The molecule has 1 aliphatic heterocycles. The number of rotatable bonds is 4. The van der Waals surface area contributed by atoms with Crippen LogP contribution < -0.4 is 4.74 Å². The highest BCUT2D eigenvalue weighted by Gasteiger charge is 2.25. The van der Waals surface area contributed by atoms with E-state index in [1.54, 1.807) is 34.3 Å². The smallest absolute Gasteiger partial charge is 0.260 e. The molecule has 0 bridgehead atoms. The molecule has 0 spiro atoms. The van der Waals surface area contributed by atoms with E-state index in [2.05, 4.69) is 4.98 Å². The van der Waals surface area contributed by atoms with E-state index in [9.17, 15) is 9.59 Å². The minimum atomic E-state index is -0.0656. The fourth-order valence-electron chi connectivity index (χ4n) is 3.33. The Balaban J connectivity index is 1.29. The average Bonchev–Trinajstić information content (AvgIpc) is 2.77. The Bertz CT molecular complexity index is 982. The molecule has 1 fully saturated rings. The third kappa shape index (κ3) is 3.96. The van der Waals surface area contributed by atoms with Gasteiger partial charge < -0.3 is 14.5 Å². The number of carbonyl (C=O) groups excluding carboxylic acids is 2. The number of benzene rings is 2. The van der Waals surface area contributed by atoms with E-state index in [0.29, 0.717) is 37.5 Å². The molecule has 6 heteroatoms. The summed E-state index contributed by atoms with van der Waals surface area (Å²) in [6.07, 6.45) is 3.22. The predicted octanol–water partition coefficient (Wildman–Crippen LogP) is 2.60. The molecule has 4 rings (SSSR count). The van der Waals surface area contributed by atoms with Gasteiger partial charge in [0.1, 0.15) is 5.75 Å². The number of fused-ring (bicyclic) bond motifs is 1. The van der Waals surface area contributed by atoms with Gasteiger partial charge in [-0.05, 0) is 35.0 Å². The van der Waals surface area contributed by atoms with Crippen LogP contribution in [-0.2, 0) is 4.79 Å². The van der Waals surface area contributed by atoms with Crippen molar-refractivity contribution < 1.29 is 14.3 Å². The maximum atomic E-state index is 12.5. The van der Waals surface area contributed by atoms with Crippen LogP contribution in [0.15, 0.2) is 67.0 Å². The normalized spacial score (nSPS) is 14.1. The van der Waals surface area contributed by atoms with Crippen molar-refractivity contribution in [3.05, 3.63) is 72.6 Å². The fraction of sp³-hybridized carbons (Fsp3) is 0.227. The number of aromatic nitrogens is 1. The molecular weight excluding hydrogens is 354 g/mol. The van der Waals surface area contributed by atoms with Crippen molar-refractivity contribution in [2.45, 2.75) is 0 Å². The summed E-state index contributed by atoms with van der Waals surface area (Å²) in [7, 11) is 0.